The number of nitrogens with two attached hydrogens (primary N) is 1. The molecule has 0 spiro atoms. The number of hydrogen-bond donors (Lipinski definition) is 3. The van der Waals surface area contributed by atoms with Crippen molar-refractivity contribution < 1.29 is 9.59 Å². The number of carbonyl (C=O) groups excluding carboxylic acids is 2. The number of carbonyl (C=O) groups is 2. The van der Waals surface area contributed by atoms with E-state index in [4.69, 9.17) is 5.73 Å². The summed E-state index contributed by atoms with van der Waals surface area (Å²) in [7, 11) is 3.33. The standard InChI is InChI=1S/C14H22N4O2/c1-18(2)14(20)17-8-7-16-13(19)9-11-5-3-4-6-12(11)10-15/h3-6H,7-10,15H2,1-2H3,(H,16,19)(H,17,20). The Morgan fingerprint density at radius 1 is 1.10 bits per heavy atom. The number of benzene rings is 1. The van der Waals surface area contributed by atoms with Crippen molar-refractivity contribution >= 4 is 11.9 Å². The summed E-state index contributed by atoms with van der Waals surface area (Å²) < 4.78 is 0. The molecule has 0 saturated heterocycles. The van der Waals surface area contributed by atoms with E-state index in [1.165, 1.54) is 4.90 Å². The van der Waals surface area contributed by atoms with Crippen LogP contribution in [0.5, 0.6) is 0 Å². The molecule has 0 heterocycles. The van der Waals surface area contributed by atoms with E-state index in [1.807, 2.05) is 24.3 Å². The smallest absolute Gasteiger partial charge is 0.316 e. The van der Waals surface area contributed by atoms with E-state index in [2.05, 4.69) is 10.6 Å². The molecule has 3 amide bonds. The molecule has 20 heavy (non-hydrogen) atoms. The molecule has 6 heteroatoms. The van der Waals surface area contributed by atoms with Crippen LogP contribution in [0.3, 0.4) is 0 Å². The third-order valence-corrected chi connectivity index (χ3v) is 2.82. The van der Waals surface area contributed by atoms with Crippen LogP contribution < -0.4 is 16.4 Å². The Hall–Kier alpha value is -2.08. The fourth-order valence-corrected chi connectivity index (χ4v) is 1.69. The zero-order chi connectivity index (χ0) is 15.0. The molecule has 6 nitrogen and oxygen atoms in total. The summed E-state index contributed by atoms with van der Waals surface area (Å²) in [6, 6.07) is 7.43. The van der Waals surface area contributed by atoms with E-state index in [0.29, 0.717) is 26.1 Å². The van der Waals surface area contributed by atoms with E-state index in [0.717, 1.165) is 11.1 Å². The Kier molecular flexibility index (Phi) is 6.52. The zero-order valence-corrected chi connectivity index (χ0v) is 12.0. The predicted octanol–water partition coefficient (Wildman–Crippen LogP) is 0.0752. The lowest BCUT2D eigenvalue weighted by Gasteiger charge is -2.12. The molecule has 0 atom stereocenters. The number of nitrogens with one attached hydrogen (secondary N) is 2. The number of hydrogen-bond acceptors (Lipinski definition) is 3. The number of urea groups is 1. The topological polar surface area (TPSA) is 87.5 Å². The van der Waals surface area contributed by atoms with Crippen LogP contribution in [0.2, 0.25) is 0 Å². The van der Waals surface area contributed by atoms with Gasteiger partial charge in [-0.1, -0.05) is 24.3 Å². The number of nitrogens with zero attached hydrogens (tertiary/aromatic N) is 1. The molecule has 110 valence electrons. The van der Waals surface area contributed by atoms with Gasteiger partial charge >= 0.3 is 6.03 Å². The van der Waals surface area contributed by atoms with Gasteiger partial charge in [0.15, 0.2) is 0 Å². The van der Waals surface area contributed by atoms with E-state index < -0.39 is 0 Å². The molecular weight excluding hydrogens is 256 g/mol. The van der Waals surface area contributed by atoms with E-state index >= 15 is 0 Å². The van der Waals surface area contributed by atoms with E-state index in [-0.39, 0.29) is 11.9 Å². The maximum absolute atomic E-state index is 11.8. The quantitative estimate of drug-likeness (QED) is 0.644. The summed E-state index contributed by atoms with van der Waals surface area (Å²) in [5.74, 6) is -0.0787. The van der Waals surface area contributed by atoms with Crippen LogP contribution in [-0.2, 0) is 17.8 Å². The van der Waals surface area contributed by atoms with Gasteiger partial charge in [-0.05, 0) is 11.1 Å². The second kappa shape index (κ2) is 8.16. The highest BCUT2D eigenvalue weighted by molar-refractivity contribution is 5.79. The van der Waals surface area contributed by atoms with Crippen molar-refractivity contribution in [3.05, 3.63) is 35.4 Å². The molecule has 0 fully saturated rings. The number of rotatable bonds is 6. The van der Waals surface area contributed by atoms with Gasteiger partial charge in [-0.15, -0.1) is 0 Å². The molecule has 1 aromatic carbocycles. The van der Waals surface area contributed by atoms with E-state index in [9.17, 15) is 9.59 Å². The van der Waals surface area contributed by atoms with Gasteiger partial charge in [-0.25, -0.2) is 4.79 Å². The minimum atomic E-state index is -0.173. The highest BCUT2D eigenvalue weighted by Crippen LogP contribution is 2.08. The highest BCUT2D eigenvalue weighted by Gasteiger charge is 2.07. The Balaban J connectivity index is 2.32. The van der Waals surface area contributed by atoms with Crippen molar-refractivity contribution in [1.82, 2.24) is 15.5 Å². The van der Waals surface area contributed by atoms with Crippen molar-refractivity contribution in [3.63, 3.8) is 0 Å². The molecule has 0 aromatic heterocycles. The van der Waals surface area contributed by atoms with Crippen molar-refractivity contribution in [1.29, 1.82) is 0 Å². The molecule has 0 unspecified atom stereocenters. The van der Waals surface area contributed by atoms with Crippen LogP contribution >= 0.6 is 0 Å². The first-order valence-corrected chi connectivity index (χ1v) is 6.53. The lowest BCUT2D eigenvalue weighted by molar-refractivity contribution is -0.120. The lowest BCUT2D eigenvalue weighted by Crippen LogP contribution is -2.40. The van der Waals surface area contributed by atoms with Crippen LogP contribution in [0.25, 0.3) is 0 Å². The van der Waals surface area contributed by atoms with Crippen LogP contribution in [-0.4, -0.2) is 44.0 Å². The van der Waals surface area contributed by atoms with Crippen LogP contribution in [0, 0.1) is 0 Å². The first kappa shape index (κ1) is 16.0. The maximum Gasteiger partial charge on any atom is 0.316 e. The molecular formula is C14H22N4O2. The fraction of sp³-hybridized carbons (Fsp3) is 0.429. The summed E-state index contributed by atoms with van der Waals surface area (Å²) in [5, 5.41) is 5.44. The molecule has 1 aromatic rings. The molecule has 4 N–H and O–H groups in total. The normalized spacial score (nSPS) is 9.95. The van der Waals surface area contributed by atoms with Gasteiger partial charge in [0.2, 0.25) is 5.91 Å². The molecule has 0 bridgehead atoms. The Morgan fingerprint density at radius 2 is 1.70 bits per heavy atom. The molecule has 0 saturated carbocycles. The lowest BCUT2D eigenvalue weighted by atomic mass is 10.0. The predicted molar refractivity (Wildman–Crippen MR) is 78.1 cm³/mol. The van der Waals surface area contributed by atoms with Gasteiger partial charge in [-0.2, -0.15) is 0 Å². The van der Waals surface area contributed by atoms with Crippen LogP contribution in [0.1, 0.15) is 11.1 Å². The molecule has 0 aliphatic heterocycles. The summed E-state index contributed by atoms with van der Waals surface area (Å²) in [4.78, 5) is 24.5. The zero-order valence-electron chi connectivity index (χ0n) is 12.0. The van der Waals surface area contributed by atoms with Crippen molar-refractivity contribution in [3.8, 4) is 0 Å². The Morgan fingerprint density at radius 3 is 2.30 bits per heavy atom. The Labute approximate surface area is 119 Å². The van der Waals surface area contributed by atoms with E-state index in [1.54, 1.807) is 14.1 Å². The fourth-order valence-electron chi connectivity index (χ4n) is 1.69. The molecule has 0 radical (unpaired) electrons. The van der Waals surface area contributed by atoms with Gasteiger partial charge in [0, 0.05) is 33.7 Å². The third-order valence-electron chi connectivity index (χ3n) is 2.82. The summed E-state index contributed by atoms with van der Waals surface area (Å²) in [6.45, 7) is 1.23. The van der Waals surface area contributed by atoms with Gasteiger partial charge in [0.1, 0.15) is 0 Å². The first-order valence-electron chi connectivity index (χ1n) is 6.53. The largest absolute Gasteiger partial charge is 0.354 e. The average Bonchev–Trinajstić information content (AvgIpc) is 2.43. The monoisotopic (exact) mass is 278 g/mol. The average molecular weight is 278 g/mol. The summed E-state index contributed by atoms with van der Waals surface area (Å²) in [5.41, 5.74) is 7.54. The summed E-state index contributed by atoms with van der Waals surface area (Å²) >= 11 is 0. The highest BCUT2D eigenvalue weighted by atomic mass is 16.2. The van der Waals surface area contributed by atoms with Crippen molar-refractivity contribution in [2.45, 2.75) is 13.0 Å². The van der Waals surface area contributed by atoms with Gasteiger partial charge < -0.3 is 21.3 Å². The minimum absolute atomic E-state index is 0.0787. The molecule has 1 rings (SSSR count). The van der Waals surface area contributed by atoms with Gasteiger partial charge in [-0.3, -0.25) is 4.79 Å². The third kappa shape index (κ3) is 5.27. The van der Waals surface area contributed by atoms with Gasteiger partial charge in [0.25, 0.3) is 0 Å². The second-order valence-electron chi connectivity index (χ2n) is 4.63. The minimum Gasteiger partial charge on any atom is -0.354 e. The SMILES string of the molecule is CN(C)C(=O)NCCNC(=O)Cc1ccccc1CN. The number of amides is 3. The van der Waals surface area contributed by atoms with Crippen LogP contribution in [0.4, 0.5) is 4.79 Å². The second-order valence-corrected chi connectivity index (χ2v) is 4.63. The molecule has 0 aliphatic carbocycles. The van der Waals surface area contributed by atoms with Gasteiger partial charge in [0.05, 0.1) is 6.42 Å². The maximum atomic E-state index is 11.8. The summed E-state index contributed by atoms with van der Waals surface area (Å²) in [6.07, 6.45) is 0.301. The van der Waals surface area contributed by atoms with Crippen molar-refractivity contribution in [2.24, 2.45) is 5.73 Å². The molecule has 0 aliphatic rings. The first-order chi connectivity index (χ1) is 9.54. The van der Waals surface area contributed by atoms with Crippen molar-refractivity contribution in [2.75, 3.05) is 27.2 Å². The Bertz CT molecular complexity index is 460. The van der Waals surface area contributed by atoms with Crippen LogP contribution in [0.15, 0.2) is 24.3 Å².